The molecule has 25 heavy (non-hydrogen) atoms. The Morgan fingerprint density at radius 3 is 2.60 bits per heavy atom. The SMILES string of the molecule is COC(=O)CC(C)c1ccc(NC(=O)N2CCCC(C(N)=O)C2)cc1. The molecule has 2 atom stereocenters. The van der Waals surface area contributed by atoms with Gasteiger partial charge in [0.2, 0.25) is 5.91 Å². The van der Waals surface area contributed by atoms with E-state index < -0.39 is 0 Å². The number of hydrogen-bond acceptors (Lipinski definition) is 4. The average Bonchev–Trinajstić information content (AvgIpc) is 2.62. The van der Waals surface area contributed by atoms with Crippen LogP contribution in [0, 0.1) is 5.92 Å². The van der Waals surface area contributed by atoms with Gasteiger partial charge in [-0.15, -0.1) is 0 Å². The number of carbonyl (C=O) groups excluding carboxylic acids is 3. The monoisotopic (exact) mass is 347 g/mol. The van der Waals surface area contributed by atoms with Crippen LogP contribution in [0.1, 0.15) is 37.7 Å². The van der Waals surface area contributed by atoms with Gasteiger partial charge < -0.3 is 20.7 Å². The first-order chi connectivity index (χ1) is 11.9. The number of ether oxygens (including phenoxy) is 1. The molecule has 1 heterocycles. The molecule has 1 fully saturated rings. The molecule has 7 nitrogen and oxygen atoms in total. The van der Waals surface area contributed by atoms with E-state index in [1.165, 1.54) is 7.11 Å². The quantitative estimate of drug-likeness (QED) is 0.796. The van der Waals surface area contributed by atoms with Crippen molar-refractivity contribution in [3.8, 4) is 0 Å². The highest BCUT2D eigenvalue weighted by Crippen LogP contribution is 2.22. The third kappa shape index (κ3) is 5.20. The maximum atomic E-state index is 12.3. The highest BCUT2D eigenvalue weighted by molar-refractivity contribution is 5.90. The molecule has 3 amide bonds. The lowest BCUT2D eigenvalue weighted by atomic mass is 9.97. The van der Waals surface area contributed by atoms with Crippen LogP contribution in [0.4, 0.5) is 10.5 Å². The second-order valence-corrected chi connectivity index (χ2v) is 6.42. The lowest BCUT2D eigenvalue weighted by Gasteiger charge is -2.31. The molecule has 0 bridgehead atoms. The number of anilines is 1. The van der Waals surface area contributed by atoms with Crippen molar-refractivity contribution in [2.24, 2.45) is 11.7 Å². The Balaban J connectivity index is 1.93. The van der Waals surface area contributed by atoms with Gasteiger partial charge in [0.1, 0.15) is 0 Å². The number of carbonyl (C=O) groups is 3. The topological polar surface area (TPSA) is 102 Å². The number of amides is 3. The van der Waals surface area contributed by atoms with E-state index in [4.69, 9.17) is 5.73 Å². The first-order valence-corrected chi connectivity index (χ1v) is 8.42. The van der Waals surface area contributed by atoms with Crippen LogP contribution in [0.5, 0.6) is 0 Å². The minimum atomic E-state index is -0.360. The zero-order chi connectivity index (χ0) is 18.4. The summed E-state index contributed by atoms with van der Waals surface area (Å²) in [6.07, 6.45) is 1.81. The summed E-state index contributed by atoms with van der Waals surface area (Å²) in [5.41, 5.74) is 7.00. The maximum Gasteiger partial charge on any atom is 0.321 e. The van der Waals surface area contributed by atoms with E-state index in [-0.39, 0.29) is 29.7 Å². The number of likely N-dealkylation sites (tertiary alicyclic amines) is 1. The van der Waals surface area contributed by atoms with Gasteiger partial charge in [-0.2, -0.15) is 0 Å². The summed E-state index contributed by atoms with van der Waals surface area (Å²) in [4.78, 5) is 36.6. The van der Waals surface area contributed by atoms with Crippen molar-refractivity contribution in [1.29, 1.82) is 0 Å². The van der Waals surface area contributed by atoms with Gasteiger partial charge in [0.15, 0.2) is 0 Å². The molecule has 3 N–H and O–H groups in total. The third-order valence-corrected chi connectivity index (χ3v) is 4.54. The molecular formula is C18H25N3O4. The van der Waals surface area contributed by atoms with E-state index >= 15 is 0 Å². The van der Waals surface area contributed by atoms with Crippen molar-refractivity contribution in [2.45, 2.75) is 32.1 Å². The van der Waals surface area contributed by atoms with Crippen molar-refractivity contribution < 1.29 is 19.1 Å². The number of methoxy groups -OCH3 is 1. The van der Waals surface area contributed by atoms with Crippen LogP contribution >= 0.6 is 0 Å². The second-order valence-electron chi connectivity index (χ2n) is 6.42. The van der Waals surface area contributed by atoms with Crippen LogP contribution in [-0.4, -0.2) is 43.0 Å². The molecule has 0 aromatic heterocycles. The minimum absolute atomic E-state index is 0.0376. The largest absolute Gasteiger partial charge is 0.469 e. The summed E-state index contributed by atoms with van der Waals surface area (Å²) >= 11 is 0. The molecule has 1 aromatic carbocycles. The number of urea groups is 1. The molecule has 7 heteroatoms. The summed E-state index contributed by atoms with van der Waals surface area (Å²) in [6.45, 7) is 2.92. The molecule has 1 saturated heterocycles. The smallest absolute Gasteiger partial charge is 0.321 e. The standard InChI is InChI=1S/C18H25N3O4/c1-12(10-16(22)25-2)13-5-7-15(8-6-13)20-18(24)21-9-3-4-14(11-21)17(19)23/h5-8,12,14H,3-4,9-11H2,1-2H3,(H2,19,23)(H,20,24). The highest BCUT2D eigenvalue weighted by atomic mass is 16.5. The summed E-state index contributed by atoms with van der Waals surface area (Å²) in [6, 6.07) is 7.13. The minimum Gasteiger partial charge on any atom is -0.469 e. The predicted molar refractivity (Wildman–Crippen MR) is 94.0 cm³/mol. The zero-order valence-corrected chi connectivity index (χ0v) is 14.7. The zero-order valence-electron chi connectivity index (χ0n) is 14.7. The number of nitrogens with two attached hydrogens (primary N) is 1. The third-order valence-electron chi connectivity index (χ3n) is 4.54. The Labute approximate surface area is 147 Å². The number of piperidine rings is 1. The number of benzene rings is 1. The molecule has 0 aliphatic carbocycles. The Morgan fingerprint density at radius 2 is 2.00 bits per heavy atom. The summed E-state index contributed by atoms with van der Waals surface area (Å²) in [5, 5.41) is 2.83. The second kappa shape index (κ2) is 8.50. The first-order valence-electron chi connectivity index (χ1n) is 8.42. The number of primary amides is 1. The van der Waals surface area contributed by atoms with Gasteiger partial charge in [0, 0.05) is 18.8 Å². The summed E-state index contributed by atoms with van der Waals surface area (Å²) < 4.78 is 4.68. The lowest BCUT2D eigenvalue weighted by molar-refractivity contribution is -0.141. The Hall–Kier alpha value is -2.57. The van der Waals surface area contributed by atoms with E-state index in [1.807, 2.05) is 19.1 Å². The first kappa shape index (κ1) is 18.8. The van der Waals surface area contributed by atoms with Gasteiger partial charge in [0.05, 0.1) is 19.4 Å². The van der Waals surface area contributed by atoms with E-state index in [9.17, 15) is 14.4 Å². The average molecular weight is 347 g/mol. The number of esters is 1. The fourth-order valence-electron chi connectivity index (χ4n) is 2.94. The molecule has 1 aromatic rings. The Bertz CT molecular complexity index is 630. The van der Waals surface area contributed by atoms with E-state index in [0.29, 0.717) is 25.2 Å². The normalized spacial score (nSPS) is 18.3. The predicted octanol–water partition coefficient (Wildman–Crippen LogP) is 2.08. The van der Waals surface area contributed by atoms with Gasteiger partial charge in [-0.25, -0.2) is 4.79 Å². The molecule has 1 aliphatic heterocycles. The molecule has 0 spiro atoms. The van der Waals surface area contributed by atoms with Crippen LogP contribution < -0.4 is 11.1 Å². The fourth-order valence-corrected chi connectivity index (χ4v) is 2.94. The lowest BCUT2D eigenvalue weighted by Crippen LogP contribution is -2.45. The van der Waals surface area contributed by atoms with Crippen molar-refractivity contribution in [1.82, 2.24) is 4.90 Å². The molecule has 0 saturated carbocycles. The molecule has 0 radical (unpaired) electrons. The van der Waals surface area contributed by atoms with Crippen LogP contribution in [0.2, 0.25) is 0 Å². The van der Waals surface area contributed by atoms with Gasteiger partial charge >= 0.3 is 12.0 Å². The van der Waals surface area contributed by atoms with Gasteiger partial charge in [-0.05, 0) is 36.5 Å². The highest BCUT2D eigenvalue weighted by Gasteiger charge is 2.27. The van der Waals surface area contributed by atoms with Crippen molar-refractivity contribution >= 4 is 23.6 Å². The summed E-state index contributed by atoms with van der Waals surface area (Å²) in [5.74, 6) is -0.850. The van der Waals surface area contributed by atoms with Gasteiger partial charge in [0.25, 0.3) is 0 Å². The molecular weight excluding hydrogens is 322 g/mol. The molecule has 2 unspecified atom stereocenters. The summed E-state index contributed by atoms with van der Waals surface area (Å²) in [7, 11) is 1.37. The van der Waals surface area contributed by atoms with Gasteiger partial charge in [-0.3, -0.25) is 9.59 Å². The molecule has 2 rings (SSSR count). The van der Waals surface area contributed by atoms with E-state index in [0.717, 1.165) is 18.4 Å². The Kier molecular flexibility index (Phi) is 6.38. The number of rotatable bonds is 5. The fraction of sp³-hybridized carbons (Fsp3) is 0.500. The van der Waals surface area contributed by atoms with Crippen LogP contribution in [0.15, 0.2) is 24.3 Å². The maximum absolute atomic E-state index is 12.3. The Morgan fingerprint density at radius 1 is 1.32 bits per heavy atom. The van der Waals surface area contributed by atoms with Crippen LogP contribution in [0.25, 0.3) is 0 Å². The molecule has 1 aliphatic rings. The van der Waals surface area contributed by atoms with Crippen LogP contribution in [-0.2, 0) is 14.3 Å². The van der Waals surface area contributed by atoms with E-state index in [2.05, 4.69) is 10.1 Å². The van der Waals surface area contributed by atoms with Crippen LogP contribution in [0.3, 0.4) is 0 Å². The van der Waals surface area contributed by atoms with Crippen molar-refractivity contribution in [2.75, 3.05) is 25.5 Å². The van der Waals surface area contributed by atoms with Crippen molar-refractivity contribution in [3.05, 3.63) is 29.8 Å². The number of nitrogens with one attached hydrogen (secondary N) is 1. The molecule has 136 valence electrons. The van der Waals surface area contributed by atoms with E-state index in [1.54, 1.807) is 17.0 Å². The number of nitrogens with zero attached hydrogens (tertiary/aromatic N) is 1. The van der Waals surface area contributed by atoms with Crippen molar-refractivity contribution in [3.63, 3.8) is 0 Å². The van der Waals surface area contributed by atoms with Gasteiger partial charge in [-0.1, -0.05) is 19.1 Å². The number of hydrogen-bond donors (Lipinski definition) is 2.